The van der Waals surface area contributed by atoms with Crippen LogP contribution in [0.3, 0.4) is 0 Å². The molecule has 0 radical (unpaired) electrons. The molecule has 114 valence electrons. The van der Waals surface area contributed by atoms with E-state index >= 15 is 0 Å². The molecule has 3 N–H and O–H groups in total. The van der Waals surface area contributed by atoms with E-state index in [0.29, 0.717) is 17.5 Å². The van der Waals surface area contributed by atoms with Crippen LogP contribution in [-0.2, 0) is 0 Å². The first-order valence-electron chi connectivity index (χ1n) is 7.69. The van der Waals surface area contributed by atoms with Crippen LogP contribution < -0.4 is 5.32 Å². The average Bonchev–Trinajstić information content (AvgIpc) is 3.33. The van der Waals surface area contributed by atoms with Crippen LogP contribution in [0.15, 0.2) is 18.2 Å². The Bertz CT molecular complexity index is 522. The molecule has 2 fully saturated rings. The fraction of sp³-hybridized carbons (Fsp3) is 0.562. The number of piperidine rings is 1. The standard InChI is InChI=1S/C16H22N2O3/c19-14-6-3-12(8-15(14)20)16(21)18(13-4-5-13)10-11-2-1-7-17-9-11/h3,6,8,11,13,17,19-20H,1-2,4-5,7,9-10H2. The van der Waals surface area contributed by atoms with Gasteiger partial charge in [-0.05, 0) is 62.9 Å². The molecule has 5 heteroatoms. The maximum Gasteiger partial charge on any atom is 0.254 e. The fourth-order valence-electron chi connectivity index (χ4n) is 2.96. The number of amides is 1. The van der Waals surface area contributed by atoms with Gasteiger partial charge < -0.3 is 20.4 Å². The summed E-state index contributed by atoms with van der Waals surface area (Å²) in [6.07, 6.45) is 4.45. The highest BCUT2D eigenvalue weighted by Crippen LogP contribution is 2.32. The van der Waals surface area contributed by atoms with E-state index in [0.717, 1.165) is 45.3 Å². The van der Waals surface area contributed by atoms with Crippen molar-refractivity contribution in [3.05, 3.63) is 23.8 Å². The lowest BCUT2D eigenvalue weighted by atomic mass is 9.98. The van der Waals surface area contributed by atoms with Crippen LogP contribution in [0.5, 0.6) is 11.5 Å². The van der Waals surface area contributed by atoms with Crippen molar-refractivity contribution in [2.45, 2.75) is 31.7 Å². The van der Waals surface area contributed by atoms with Gasteiger partial charge >= 0.3 is 0 Å². The molecule has 1 aliphatic carbocycles. The van der Waals surface area contributed by atoms with Gasteiger partial charge in [-0.3, -0.25) is 4.79 Å². The Labute approximate surface area is 124 Å². The number of nitrogens with one attached hydrogen (secondary N) is 1. The molecule has 5 nitrogen and oxygen atoms in total. The Morgan fingerprint density at radius 1 is 1.24 bits per heavy atom. The van der Waals surface area contributed by atoms with Crippen molar-refractivity contribution in [1.82, 2.24) is 10.2 Å². The summed E-state index contributed by atoms with van der Waals surface area (Å²) >= 11 is 0. The Morgan fingerprint density at radius 2 is 2.05 bits per heavy atom. The molecule has 0 aromatic heterocycles. The molecular weight excluding hydrogens is 268 g/mol. The topological polar surface area (TPSA) is 72.8 Å². The molecule has 1 aromatic rings. The number of phenolic OH excluding ortho intramolecular Hbond substituents is 2. The van der Waals surface area contributed by atoms with E-state index in [2.05, 4.69) is 5.32 Å². The number of hydrogen-bond donors (Lipinski definition) is 3. The second-order valence-electron chi connectivity index (χ2n) is 6.10. The second-order valence-corrected chi connectivity index (χ2v) is 6.10. The minimum atomic E-state index is -0.240. The molecule has 1 heterocycles. The van der Waals surface area contributed by atoms with Crippen LogP contribution >= 0.6 is 0 Å². The minimum absolute atomic E-state index is 0.0432. The first kappa shape index (κ1) is 14.2. The van der Waals surface area contributed by atoms with E-state index in [1.807, 2.05) is 4.90 Å². The maximum atomic E-state index is 12.7. The zero-order valence-corrected chi connectivity index (χ0v) is 12.1. The Kier molecular flexibility index (Phi) is 4.01. The molecule has 1 atom stereocenters. The Morgan fingerprint density at radius 3 is 2.67 bits per heavy atom. The van der Waals surface area contributed by atoms with Gasteiger partial charge in [0, 0.05) is 18.2 Å². The number of hydrogen-bond acceptors (Lipinski definition) is 4. The molecule has 1 saturated heterocycles. The lowest BCUT2D eigenvalue weighted by Gasteiger charge is -2.30. The molecule has 3 rings (SSSR count). The first-order chi connectivity index (χ1) is 10.1. The highest BCUT2D eigenvalue weighted by atomic mass is 16.3. The molecule has 0 spiro atoms. The van der Waals surface area contributed by atoms with Gasteiger partial charge in [0.15, 0.2) is 11.5 Å². The quantitative estimate of drug-likeness (QED) is 0.738. The predicted molar refractivity (Wildman–Crippen MR) is 79.4 cm³/mol. The third kappa shape index (κ3) is 3.29. The fourth-order valence-corrected chi connectivity index (χ4v) is 2.96. The van der Waals surface area contributed by atoms with Gasteiger partial charge in [-0.15, -0.1) is 0 Å². The number of nitrogens with zero attached hydrogens (tertiary/aromatic N) is 1. The zero-order valence-electron chi connectivity index (χ0n) is 12.1. The summed E-state index contributed by atoms with van der Waals surface area (Å²) in [6.45, 7) is 2.81. The van der Waals surface area contributed by atoms with Crippen molar-refractivity contribution in [3.8, 4) is 11.5 Å². The number of carbonyl (C=O) groups excluding carboxylic acids is 1. The minimum Gasteiger partial charge on any atom is -0.504 e. The SMILES string of the molecule is O=C(c1ccc(O)c(O)c1)N(CC1CCCNC1)C1CC1. The van der Waals surface area contributed by atoms with Gasteiger partial charge in [-0.2, -0.15) is 0 Å². The summed E-state index contributed by atoms with van der Waals surface area (Å²) in [5, 5.41) is 22.3. The van der Waals surface area contributed by atoms with Crippen molar-refractivity contribution in [3.63, 3.8) is 0 Å². The van der Waals surface area contributed by atoms with Crippen molar-refractivity contribution >= 4 is 5.91 Å². The second kappa shape index (κ2) is 5.93. The van der Waals surface area contributed by atoms with E-state index in [9.17, 15) is 15.0 Å². The van der Waals surface area contributed by atoms with Gasteiger partial charge in [0.05, 0.1) is 0 Å². The average molecular weight is 290 g/mol. The number of aromatic hydroxyl groups is 2. The van der Waals surface area contributed by atoms with Gasteiger partial charge in [-0.25, -0.2) is 0 Å². The summed E-state index contributed by atoms with van der Waals surface area (Å²) in [5.41, 5.74) is 0.445. The maximum absolute atomic E-state index is 12.7. The summed E-state index contributed by atoms with van der Waals surface area (Å²) in [7, 11) is 0. The van der Waals surface area contributed by atoms with Gasteiger partial charge in [0.2, 0.25) is 0 Å². The predicted octanol–water partition coefficient (Wildman–Crippen LogP) is 1.70. The van der Waals surface area contributed by atoms with Crippen molar-refractivity contribution in [2.75, 3.05) is 19.6 Å². The molecule has 1 aromatic carbocycles. The highest BCUT2D eigenvalue weighted by molar-refractivity contribution is 5.95. The van der Waals surface area contributed by atoms with E-state index in [1.165, 1.54) is 12.1 Å². The van der Waals surface area contributed by atoms with Gasteiger partial charge in [0.25, 0.3) is 5.91 Å². The molecule has 1 amide bonds. The summed E-state index contributed by atoms with van der Waals surface area (Å²) in [6, 6.07) is 4.64. The molecule has 0 bridgehead atoms. The molecule has 1 aliphatic heterocycles. The number of benzene rings is 1. The van der Waals surface area contributed by atoms with Crippen molar-refractivity contribution < 1.29 is 15.0 Å². The van der Waals surface area contributed by atoms with Crippen LogP contribution in [0.1, 0.15) is 36.0 Å². The summed E-state index contributed by atoms with van der Waals surface area (Å²) in [5.74, 6) is 0.0318. The third-order valence-electron chi connectivity index (χ3n) is 4.32. The van der Waals surface area contributed by atoms with Crippen LogP contribution in [-0.4, -0.2) is 46.7 Å². The normalized spacial score (nSPS) is 22.0. The molecule has 2 aliphatic rings. The lowest BCUT2D eigenvalue weighted by Crippen LogP contribution is -2.42. The molecular formula is C16H22N2O3. The number of rotatable bonds is 4. The summed E-state index contributed by atoms with van der Waals surface area (Å²) in [4.78, 5) is 14.6. The van der Waals surface area contributed by atoms with E-state index in [1.54, 1.807) is 6.07 Å². The molecule has 1 saturated carbocycles. The first-order valence-corrected chi connectivity index (χ1v) is 7.69. The van der Waals surface area contributed by atoms with Crippen LogP contribution in [0, 0.1) is 5.92 Å². The largest absolute Gasteiger partial charge is 0.504 e. The van der Waals surface area contributed by atoms with E-state index in [4.69, 9.17) is 0 Å². The number of phenols is 2. The van der Waals surface area contributed by atoms with Crippen LogP contribution in [0.4, 0.5) is 0 Å². The monoisotopic (exact) mass is 290 g/mol. The lowest BCUT2D eigenvalue weighted by molar-refractivity contribution is 0.0703. The number of carbonyl (C=O) groups is 1. The smallest absolute Gasteiger partial charge is 0.254 e. The van der Waals surface area contributed by atoms with E-state index < -0.39 is 0 Å². The molecule has 21 heavy (non-hydrogen) atoms. The third-order valence-corrected chi connectivity index (χ3v) is 4.32. The Hall–Kier alpha value is -1.75. The zero-order chi connectivity index (χ0) is 14.8. The Balaban J connectivity index is 1.73. The van der Waals surface area contributed by atoms with Gasteiger partial charge in [-0.1, -0.05) is 0 Å². The summed E-state index contributed by atoms with van der Waals surface area (Å²) < 4.78 is 0. The van der Waals surface area contributed by atoms with Gasteiger partial charge in [0.1, 0.15) is 0 Å². The molecule has 1 unspecified atom stereocenters. The van der Waals surface area contributed by atoms with Crippen LogP contribution in [0.25, 0.3) is 0 Å². The van der Waals surface area contributed by atoms with Crippen molar-refractivity contribution in [1.29, 1.82) is 0 Å². The van der Waals surface area contributed by atoms with Crippen LogP contribution in [0.2, 0.25) is 0 Å². The highest BCUT2D eigenvalue weighted by Gasteiger charge is 2.34. The van der Waals surface area contributed by atoms with E-state index in [-0.39, 0.29) is 17.4 Å². The van der Waals surface area contributed by atoms with Crippen molar-refractivity contribution in [2.24, 2.45) is 5.92 Å².